The molecule has 2 N–H and O–H groups in total. The topological polar surface area (TPSA) is 63.4 Å². The summed E-state index contributed by atoms with van der Waals surface area (Å²) in [7, 11) is 0. The van der Waals surface area contributed by atoms with Gasteiger partial charge in [-0.05, 0) is 36.4 Å². The minimum Gasteiger partial charge on any atom is -0.399 e. The van der Waals surface area contributed by atoms with Crippen LogP contribution in [0.2, 0.25) is 5.02 Å². The molecule has 0 aromatic heterocycles. The largest absolute Gasteiger partial charge is 0.399 e. The normalized spacial score (nSPS) is 13.8. The fourth-order valence-electron chi connectivity index (χ4n) is 2.10. The Morgan fingerprint density at radius 2 is 1.63 bits per heavy atom. The Morgan fingerprint density at radius 3 is 2.26 bits per heavy atom. The van der Waals surface area contributed by atoms with Gasteiger partial charge in [-0.2, -0.15) is 0 Å². The van der Waals surface area contributed by atoms with E-state index in [1.807, 2.05) is 0 Å². The molecule has 94 valence electrons. The summed E-state index contributed by atoms with van der Waals surface area (Å²) in [6, 6.07) is 11.4. The van der Waals surface area contributed by atoms with Crippen LogP contribution in [0.15, 0.2) is 42.5 Å². The van der Waals surface area contributed by atoms with Crippen LogP contribution in [-0.2, 0) is 0 Å². The van der Waals surface area contributed by atoms with E-state index in [2.05, 4.69) is 0 Å². The van der Waals surface area contributed by atoms with Crippen molar-refractivity contribution in [3.63, 3.8) is 0 Å². The van der Waals surface area contributed by atoms with E-state index in [4.69, 9.17) is 17.3 Å². The van der Waals surface area contributed by atoms with E-state index < -0.39 is 5.91 Å². The number of anilines is 2. The lowest BCUT2D eigenvalue weighted by Crippen LogP contribution is -2.29. The first-order valence-corrected chi connectivity index (χ1v) is 6.00. The second kappa shape index (κ2) is 4.10. The minimum absolute atomic E-state index is 0.256. The molecule has 0 spiro atoms. The number of nitrogens with zero attached hydrogens (tertiary/aromatic N) is 1. The van der Waals surface area contributed by atoms with Crippen LogP contribution < -0.4 is 10.6 Å². The molecule has 3 rings (SSSR count). The van der Waals surface area contributed by atoms with E-state index in [1.54, 1.807) is 42.5 Å². The van der Waals surface area contributed by atoms with Crippen LogP contribution >= 0.6 is 11.6 Å². The van der Waals surface area contributed by atoms with Crippen LogP contribution in [0, 0.1) is 0 Å². The summed E-state index contributed by atoms with van der Waals surface area (Å²) in [4.78, 5) is 25.7. The summed E-state index contributed by atoms with van der Waals surface area (Å²) in [5, 5.41) is 0.286. The second-order valence-electron chi connectivity index (χ2n) is 4.20. The van der Waals surface area contributed by atoms with Gasteiger partial charge >= 0.3 is 0 Å². The zero-order valence-corrected chi connectivity index (χ0v) is 10.5. The van der Waals surface area contributed by atoms with Crippen LogP contribution in [0.25, 0.3) is 0 Å². The van der Waals surface area contributed by atoms with Crippen molar-refractivity contribution in [2.24, 2.45) is 0 Å². The lowest BCUT2D eigenvalue weighted by atomic mass is 10.1. The van der Waals surface area contributed by atoms with Gasteiger partial charge in [0.25, 0.3) is 11.8 Å². The molecule has 2 amide bonds. The summed E-state index contributed by atoms with van der Waals surface area (Å²) >= 11 is 5.99. The van der Waals surface area contributed by atoms with Crippen molar-refractivity contribution in [1.82, 2.24) is 0 Å². The summed E-state index contributed by atoms with van der Waals surface area (Å²) in [5.41, 5.74) is 7.23. The SMILES string of the molecule is Nc1ccc(N2C(=O)c3cccc(Cl)c3C2=O)cc1. The lowest BCUT2D eigenvalue weighted by Gasteiger charge is -2.13. The van der Waals surface area contributed by atoms with Gasteiger partial charge in [-0.25, -0.2) is 4.90 Å². The van der Waals surface area contributed by atoms with Crippen LogP contribution in [0.4, 0.5) is 11.4 Å². The summed E-state index contributed by atoms with van der Waals surface area (Å²) < 4.78 is 0. The number of nitrogen functional groups attached to an aromatic ring is 1. The third-order valence-electron chi connectivity index (χ3n) is 3.02. The maximum absolute atomic E-state index is 12.3. The van der Waals surface area contributed by atoms with Gasteiger partial charge in [-0.15, -0.1) is 0 Å². The molecular weight excluding hydrogens is 264 g/mol. The van der Waals surface area contributed by atoms with Crippen molar-refractivity contribution in [3.05, 3.63) is 58.6 Å². The fourth-order valence-corrected chi connectivity index (χ4v) is 2.36. The summed E-state index contributed by atoms with van der Waals surface area (Å²) in [6.07, 6.45) is 0. The Morgan fingerprint density at radius 1 is 0.947 bits per heavy atom. The molecule has 5 heteroatoms. The fraction of sp³-hybridized carbons (Fsp3) is 0. The van der Waals surface area contributed by atoms with Gasteiger partial charge in [-0.1, -0.05) is 17.7 Å². The molecule has 1 heterocycles. The molecule has 2 aromatic rings. The van der Waals surface area contributed by atoms with E-state index >= 15 is 0 Å². The molecule has 2 aromatic carbocycles. The van der Waals surface area contributed by atoms with E-state index in [0.29, 0.717) is 16.9 Å². The predicted molar refractivity (Wildman–Crippen MR) is 73.4 cm³/mol. The van der Waals surface area contributed by atoms with Gasteiger partial charge in [0.2, 0.25) is 0 Å². The average molecular weight is 273 g/mol. The Kier molecular flexibility index (Phi) is 2.54. The van der Waals surface area contributed by atoms with Crippen molar-refractivity contribution in [2.45, 2.75) is 0 Å². The lowest BCUT2D eigenvalue weighted by molar-refractivity contribution is 0.0926. The molecule has 0 unspecified atom stereocenters. The van der Waals surface area contributed by atoms with Crippen LogP contribution in [-0.4, -0.2) is 11.8 Å². The van der Waals surface area contributed by atoms with Crippen molar-refractivity contribution >= 4 is 34.8 Å². The first-order valence-electron chi connectivity index (χ1n) is 5.62. The highest BCUT2D eigenvalue weighted by molar-refractivity contribution is 6.42. The molecule has 0 saturated carbocycles. The molecule has 0 radical (unpaired) electrons. The number of nitrogens with two attached hydrogens (primary N) is 1. The maximum Gasteiger partial charge on any atom is 0.267 e. The van der Waals surface area contributed by atoms with Crippen LogP contribution in [0.1, 0.15) is 20.7 Å². The number of amides is 2. The van der Waals surface area contributed by atoms with Gasteiger partial charge in [0.15, 0.2) is 0 Å². The Bertz CT molecular complexity index is 695. The number of imide groups is 1. The third kappa shape index (κ3) is 1.69. The standard InChI is InChI=1S/C14H9ClN2O2/c15-11-3-1-2-10-12(11)14(19)17(13(10)18)9-6-4-8(16)5-7-9/h1-7H,16H2. The molecule has 0 atom stereocenters. The van der Waals surface area contributed by atoms with Crippen molar-refractivity contribution in [1.29, 1.82) is 0 Å². The van der Waals surface area contributed by atoms with Crippen LogP contribution in [0.5, 0.6) is 0 Å². The zero-order valence-electron chi connectivity index (χ0n) is 9.76. The molecule has 4 nitrogen and oxygen atoms in total. The van der Waals surface area contributed by atoms with E-state index in [9.17, 15) is 9.59 Å². The third-order valence-corrected chi connectivity index (χ3v) is 3.33. The Balaban J connectivity index is 2.13. The first-order chi connectivity index (χ1) is 9.09. The van der Waals surface area contributed by atoms with Gasteiger partial charge in [0, 0.05) is 5.69 Å². The highest BCUT2D eigenvalue weighted by Crippen LogP contribution is 2.32. The highest BCUT2D eigenvalue weighted by atomic mass is 35.5. The smallest absolute Gasteiger partial charge is 0.267 e. The van der Waals surface area contributed by atoms with E-state index in [1.165, 1.54) is 0 Å². The number of carbonyl (C=O) groups is 2. The van der Waals surface area contributed by atoms with Crippen molar-refractivity contribution in [3.8, 4) is 0 Å². The van der Waals surface area contributed by atoms with Gasteiger partial charge in [0.1, 0.15) is 0 Å². The Hall–Kier alpha value is -2.33. The Labute approximate surface area is 114 Å². The van der Waals surface area contributed by atoms with Gasteiger partial charge in [-0.3, -0.25) is 9.59 Å². The number of halogens is 1. The number of carbonyl (C=O) groups excluding carboxylic acids is 2. The zero-order chi connectivity index (χ0) is 13.6. The highest BCUT2D eigenvalue weighted by Gasteiger charge is 2.38. The number of benzene rings is 2. The molecule has 0 bridgehead atoms. The molecule has 1 aliphatic rings. The molecule has 0 saturated heterocycles. The average Bonchev–Trinajstić information content (AvgIpc) is 2.65. The van der Waals surface area contributed by atoms with Gasteiger partial charge in [0.05, 0.1) is 21.8 Å². The number of fused-ring (bicyclic) bond motifs is 1. The monoisotopic (exact) mass is 272 g/mol. The molecular formula is C14H9ClN2O2. The summed E-state index contributed by atoms with van der Waals surface area (Å²) in [6.45, 7) is 0. The van der Waals surface area contributed by atoms with Crippen molar-refractivity contribution in [2.75, 3.05) is 10.6 Å². The molecule has 1 aliphatic heterocycles. The number of rotatable bonds is 1. The molecule has 0 aliphatic carbocycles. The van der Waals surface area contributed by atoms with Crippen molar-refractivity contribution < 1.29 is 9.59 Å². The maximum atomic E-state index is 12.3. The summed E-state index contributed by atoms with van der Waals surface area (Å²) in [5.74, 6) is -0.775. The minimum atomic E-state index is -0.407. The predicted octanol–water partition coefficient (Wildman–Crippen LogP) is 2.72. The molecule has 0 fully saturated rings. The quantitative estimate of drug-likeness (QED) is 0.641. The van der Waals surface area contributed by atoms with Crippen LogP contribution in [0.3, 0.4) is 0 Å². The second-order valence-corrected chi connectivity index (χ2v) is 4.61. The number of hydrogen-bond acceptors (Lipinski definition) is 3. The number of hydrogen-bond donors (Lipinski definition) is 1. The van der Waals surface area contributed by atoms with E-state index in [-0.39, 0.29) is 16.5 Å². The van der Waals surface area contributed by atoms with E-state index in [0.717, 1.165) is 4.90 Å². The first kappa shape index (κ1) is 11.7. The van der Waals surface area contributed by atoms with Gasteiger partial charge < -0.3 is 5.73 Å². The molecule has 19 heavy (non-hydrogen) atoms.